The predicted molar refractivity (Wildman–Crippen MR) is 155 cm³/mol. The van der Waals surface area contributed by atoms with Crippen LogP contribution in [-0.2, 0) is 6.42 Å². The lowest BCUT2D eigenvalue weighted by atomic mass is 9.96. The molecule has 3 aromatic carbocycles. The van der Waals surface area contributed by atoms with Crippen LogP contribution in [0.25, 0.3) is 22.3 Å². The highest BCUT2D eigenvalue weighted by molar-refractivity contribution is 6.77. The summed E-state index contributed by atoms with van der Waals surface area (Å²) in [6, 6.07) is 22.2. The Morgan fingerprint density at radius 3 is 2.06 bits per heavy atom. The molecule has 0 saturated heterocycles. The maximum absolute atomic E-state index is 11.9. The molecule has 0 aliphatic carbocycles. The Bertz CT molecular complexity index is 1110. The van der Waals surface area contributed by atoms with Crippen molar-refractivity contribution in [2.24, 2.45) is 0 Å². The van der Waals surface area contributed by atoms with Gasteiger partial charge in [-0.2, -0.15) is 0 Å². The molecule has 1 N–H and O–H groups in total. The van der Waals surface area contributed by atoms with E-state index in [2.05, 4.69) is 69.9 Å². The van der Waals surface area contributed by atoms with Crippen molar-refractivity contribution in [3.05, 3.63) is 77.9 Å². The van der Waals surface area contributed by atoms with E-state index in [9.17, 15) is 9.90 Å². The molecule has 0 bridgehead atoms. The molecule has 1 unspecified atom stereocenters. The molecule has 36 heavy (non-hydrogen) atoms. The first-order valence-corrected chi connectivity index (χ1v) is 17.0. The molecule has 0 aliphatic heterocycles. The second-order valence-electron chi connectivity index (χ2n) is 11.0. The number of aromatic carboxylic acids is 1. The highest BCUT2D eigenvalue weighted by Crippen LogP contribution is 2.31. The minimum Gasteiger partial charge on any atom is -0.494 e. The van der Waals surface area contributed by atoms with Gasteiger partial charge in [0.1, 0.15) is 5.75 Å². The van der Waals surface area contributed by atoms with Gasteiger partial charge in [-0.3, -0.25) is 0 Å². The van der Waals surface area contributed by atoms with Gasteiger partial charge in [0.05, 0.1) is 12.2 Å². The van der Waals surface area contributed by atoms with Crippen molar-refractivity contribution in [3.63, 3.8) is 0 Å². The Labute approximate surface area is 218 Å². The summed E-state index contributed by atoms with van der Waals surface area (Å²) in [4.78, 5) is 11.9. The number of ether oxygens (including phenoxy) is 1. The van der Waals surface area contributed by atoms with Crippen LogP contribution < -0.4 is 4.74 Å². The lowest BCUT2D eigenvalue weighted by Gasteiger charge is -2.25. The summed E-state index contributed by atoms with van der Waals surface area (Å²) in [5.74, 6) is -0.207. The Morgan fingerprint density at radius 1 is 0.861 bits per heavy atom. The van der Waals surface area contributed by atoms with Crippen LogP contribution in [0.15, 0.2) is 66.7 Å². The number of carboxylic acid groups (broad SMARTS) is 1. The van der Waals surface area contributed by atoms with Gasteiger partial charge in [-0.1, -0.05) is 94.9 Å². The van der Waals surface area contributed by atoms with Crippen LogP contribution in [0, 0.1) is 0 Å². The van der Waals surface area contributed by atoms with Gasteiger partial charge >= 0.3 is 5.97 Å². The molecule has 0 saturated carbocycles. The molecule has 192 valence electrons. The van der Waals surface area contributed by atoms with Crippen LogP contribution in [0.4, 0.5) is 0 Å². The number of benzene rings is 3. The highest BCUT2D eigenvalue weighted by Gasteiger charge is 2.21. The standard InChI is InChI=1S/C32H42O3Si/c1-6-7-8-11-25-12-14-26(15-13-25)27-16-18-28(19-17-27)31-23-29(20-21-30(31)32(33)34)35-22-9-10-24(2)36(3,4)5/h12-21,23-24H,6-11,22H2,1-5H3,(H,33,34). The zero-order chi connectivity index (χ0) is 26.1. The number of hydrogen-bond acceptors (Lipinski definition) is 2. The largest absolute Gasteiger partial charge is 0.494 e. The number of unbranched alkanes of at least 4 members (excludes halogenated alkanes) is 2. The smallest absolute Gasteiger partial charge is 0.336 e. The van der Waals surface area contributed by atoms with E-state index in [1.165, 1.54) is 30.4 Å². The van der Waals surface area contributed by atoms with Crippen molar-refractivity contribution < 1.29 is 14.6 Å². The Balaban J connectivity index is 1.71. The van der Waals surface area contributed by atoms with Gasteiger partial charge in [-0.05, 0) is 77.2 Å². The summed E-state index contributed by atoms with van der Waals surface area (Å²) in [7, 11) is -1.12. The van der Waals surface area contributed by atoms with E-state index in [4.69, 9.17) is 4.74 Å². The Hall–Kier alpha value is -2.85. The predicted octanol–water partition coefficient (Wildman–Crippen LogP) is 9.34. The molecule has 3 rings (SSSR count). The summed E-state index contributed by atoms with van der Waals surface area (Å²) in [5, 5.41) is 9.77. The van der Waals surface area contributed by atoms with E-state index in [0.717, 1.165) is 41.7 Å². The third kappa shape index (κ3) is 7.82. The first kappa shape index (κ1) is 27.7. The van der Waals surface area contributed by atoms with Gasteiger partial charge in [0.15, 0.2) is 0 Å². The summed E-state index contributed by atoms with van der Waals surface area (Å²) >= 11 is 0. The van der Waals surface area contributed by atoms with Gasteiger partial charge in [0.2, 0.25) is 0 Å². The van der Waals surface area contributed by atoms with Gasteiger partial charge < -0.3 is 9.84 Å². The fraction of sp³-hybridized carbons (Fsp3) is 0.406. The Morgan fingerprint density at radius 2 is 1.47 bits per heavy atom. The van der Waals surface area contributed by atoms with Gasteiger partial charge in [-0.15, -0.1) is 0 Å². The Kier molecular flexibility index (Phi) is 9.95. The van der Waals surface area contributed by atoms with Crippen LogP contribution in [0.5, 0.6) is 5.75 Å². The third-order valence-electron chi connectivity index (χ3n) is 7.30. The highest BCUT2D eigenvalue weighted by atomic mass is 28.3. The van der Waals surface area contributed by atoms with Gasteiger partial charge in [0.25, 0.3) is 0 Å². The van der Waals surface area contributed by atoms with E-state index in [-0.39, 0.29) is 0 Å². The number of carbonyl (C=O) groups is 1. The molecule has 1 atom stereocenters. The minimum absolute atomic E-state index is 0.291. The van der Waals surface area contributed by atoms with Crippen LogP contribution >= 0.6 is 0 Å². The molecule has 0 spiro atoms. The average molecular weight is 503 g/mol. The zero-order valence-electron chi connectivity index (χ0n) is 22.6. The first-order valence-electron chi connectivity index (χ1n) is 13.4. The lowest BCUT2D eigenvalue weighted by molar-refractivity contribution is 0.0697. The number of aryl methyl sites for hydroxylation is 1. The summed E-state index contributed by atoms with van der Waals surface area (Å²) in [5.41, 5.74) is 6.28. The van der Waals surface area contributed by atoms with Gasteiger partial charge in [-0.25, -0.2) is 4.79 Å². The van der Waals surface area contributed by atoms with E-state index < -0.39 is 14.0 Å². The zero-order valence-corrected chi connectivity index (χ0v) is 23.6. The van der Waals surface area contributed by atoms with E-state index >= 15 is 0 Å². The second kappa shape index (κ2) is 12.9. The summed E-state index contributed by atoms with van der Waals surface area (Å²) < 4.78 is 6.03. The molecule has 3 nitrogen and oxygen atoms in total. The summed E-state index contributed by atoms with van der Waals surface area (Å²) in [6.07, 6.45) is 7.04. The van der Waals surface area contributed by atoms with E-state index in [1.807, 2.05) is 18.2 Å². The topological polar surface area (TPSA) is 46.5 Å². The molecule has 0 aromatic heterocycles. The molecular weight excluding hydrogens is 460 g/mol. The first-order chi connectivity index (χ1) is 17.2. The number of hydrogen-bond donors (Lipinski definition) is 1. The molecule has 0 fully saturated rings. The molecular formula is C32H42O3Si. The van der Waals surface area contributed by atoms with Gasteiger partial charge in [0, 0.05) is 8.07 Å². The third-order valence-corrected chi connectivity index (χ3v) is 10.5. The van der Waals surface area contributed by atoms with Crippen molar-refractivity contribution in [2.45, 2.75) is 77.6 Å². The fourth-order valence-corrected chi connectivity index (χ4v) is 5.41. The molecule has 3 aromatic rings. The normalized spacial score (nSPS) is 12.4. The summed E-state index contributed by atoms with van der Waals surface area (Å²) in [6.45, 7) is 12.4. The van der Waals surface area contributed by atoms with Crippen molar-refractivity contribution in [2.75, 3.05) is 6.61 Å². The van der Waals surface area contributed by atoms with E-state index in [0.29, 0.717) is 17.7 Å². The van der Waals surface area contributed by atoms with Crippen molar-refractivity contribution in [1.82, 2.24) is 0 Å². The lowest BCUT2D eigenvalue weighted by Crippen LogP contribution is -2.26. The quantitative estimate of drug-likeness (QED) is 0.187. The monoisotopic (exact) mass is 502 g/mol. The van der Waals surface area contributed by atoms with Crippen molar-refractivity contribution in [1.29, 1.82) is 0 Å². The maximum atomic E-state index is 11.9. The van der Waals surface area contributed by atoms with Crippen LogP contribution in [-0.4, -0.2) is 25.8 Å². The van der Waals surface area contributed by atoms with Crippen molar-refractivity contribution in [3.8, 4) is 28.0 Å². The fourth-order valence-electron chi connectivity index (χ4n) is 4.34. The molecule has 4 heteroatoms. The molecule has 0 radical (unpaired) electrons. The molecule has 0 aliphatic rings. The van der Waals surface area contributed by atoms with Crippen LogP contribution in [0.1, 0.15) is 61.9 Å². The molecule has 0 amide bonds. The number of carboxylic acids is 1. The van der Waals surface area contributed by atoms with Crippen LogP contribution in [0.2, 0.25) is 25.2 Å². The van der Waals surface area contributed by atoms with E-state index in [1.54, 1.807) is 12.1 Å². The SMILES string of the molecule is CCCCCc1ccc(-c2ccc(-c3cc(OCCCC(C)[Si](C)(C)C)ccc3C(=O)O)cc2)cc1. The minimum atomic E-state index is -1.12. The maximum Gasteiger partial charge on any atom is 0.336 e. The molecule has 0 heterocycles. The average Bonchev–Trinajstić information content (AvgIpc) is 2.86. The van der Waals surface area contributed by atoms with Crippen LogP contribution in [0.3, 0.4) is 0 Å². The number of rotatable bonds is 13. The second-order valence-corrected chi connectivity index (χ2v) is 16.7. The van der Waals surface area contributed by atoms with Crippen molar-refractivity contribution >= 4 is 14.0 Å².